The number of nitrogens with one attached hydrogen (secondary N) is 1. The molecule has 2 heterocycles. The van der Waals surface area contributed by atoms with Gasteiger partial charge in [0.1, 0.15) is 5.75 Å². The van der Waals surface area contributed by atoms with Gasteiger partial charge in [0.25, 0.3) is 5.56 Å². The first-order chi connectivity index (χ1) is 16.3. The Bertz CT molecular complexity index is 1490. The van der Waals surface area contributed by atoms with Crippen molar-refractivity contribution < 1.29 is 9.53 Å². The lowest BCUT2D eigenvalue weighted by molar-refractivity contribution is -0.113. The van der Waals surface area contributed by atoms with E-state index in [2.05, 4.69) is 10.3 Å². The Morgan fingerprint density at radius 1 is 1.09 bits per heavy atom. The molecule has 1 N–H and O–H groups in total. The number of hydrogen-bond donors (Lipinski definition) is 1. The van der Waals surface area contributed by atoms with Crippen LogP contribution in [0.3, 0.4) is 0 Å². The zero-order valence-electron chi connectivity index (χ0n) is 19.4. The molecule has 9 nitrogen and oxygen atoms in total. The molecule has 0 saturated carbocycles. The third-order valence-electron chi connectivity index (χ3n) is 5.46. The second-order valence-electron chi connectivity index (χ2n) is 7.88. The number of amides is 1. The highest BCUT2D eigenvalue weighted by molar-refractivity contribution is 7.99. The van der Waals surface area contributed by atoms with Crippen LogP contribution in [-0.2, 0) is 25.4 Å². The van der Waals surface area contributed by atoms with Crippen molar-refractivity contribution in [2.24, 2.45) is 14.1 Å². The van der Waals surface area contributed by atoms with E-state index in [0.29, 0.717) is 28.7 Å². The molecule has 0 bridgehead atoms. The van der Waals surface area contributed by atoms with E-state index in [-0.39, 0.29) is 17.3 Å². The molecular formula is C24H25N5O4S. The third kappa shape index (κ3) is 4.49. The predicted molar refractivity (Wildman–Crippen MR) is 133 cm³/mol. The number of carbonyl (C=O) groups is 1. The Kier molecular flexibility index (Phi) is 6.60. The Morgan fingerprint density at radius 2 is 1.82 bits per heavy atom. The van der Waals surface area contributed by atoms with Gasteiger partial charge < -0.3 is 14.6 Å². The average molecular weight is 480 g/mol. The summed E-state index contributed by atoms with van der Waals surface area (Å²) in [5.41, 5.74) is 2.26. The smallest absolute Gasteiger partial charge is 0.332 e. The van der Waals surface area contributed by atoms with Crippen molar-refractivity contribution in [3.8, 4) is 5.75 Å². The van der Waals surface area contributed by atoms with Crippen LogP contribution in [0.15, 0.2) is 63.3 Å². The number of ether oxygens (including phenoxy) is 1. The molecule has 0 saturated heterocycles. The molecule has 0 aliphatic heterocycles. The van der Waals surface area contributed by atoms with E-state index < -0.39 is 11.2 Å². The molecular weight excluding hydrogens is 454 g/mol. The normalized spacial score (nSPS) is 11.1. The van der Waals surface area contributed by atoms with Gasteiger partial charge in [0.2, 0.25) is 5.91 Å². The summed E-state index contributed by atoms with van der Waals surface area (Å²) < 4.78 is 9.51. The van der Waals surface area contributed by atoms with Gasteiger partial charge in [0.05, 0.1) is 25.1 Å². The van der Waals surface area contributed by atoms with Crippen molar-refractivity contribution in [3.63, 3.8) is 0 Å². The molecule has 34 heavy (non-hydrogen) atoms. The van der Waals surface area contributed by atoms with Crippen molar-refractivity contribution in [2.45, 2.75) is 18.6 Å². The molecule has 0 spiro atoms. The van der Waals surface area contributed by atoms with Gasteiger partial charge in [0, 0.05) is 14.1 Å². The van der Waals surface area contributed by atoms with Crippen LogP contribution >= 0.6 is 11.8 Å². The van der Waals surface area contributed by atoms with Crippen LogP contribution in [0.5, 0.6) is 5.75 Å². The number of aromatic nitrogens is 4. The number of hydrogen-bond acceptors (Lipinski definition) is 6. The molecule has 10 heteroatoms. The predicted octanol–water partition coefficient (Wildman–Crippen LogP) is 2.53. The van der Waals surface area contributed by atoms with Crippen LogP contribution in [0.25, 0.3) is 11.2 Å². The van der Waals surface area contributed by atoms with Gasteiger partial charge in [-0.25, -0.2) is 9.78 Å². The van der Waals surface area contributed by atoms with Gasteiger partial charge in [-0.3, -0.25) is 18.7 Å². The number of rotatable bonds is 7. The van der Waals surface area contributed by atoms with Crippen molar-refractivity contribution in [3.05, 3.63) is 80.5 Å². The first-order valence-electron chi connectivity index (χ1n) is 10.6. The maximum atomic E-state index is 13.0. The van der Waals surface area contributed by atoms with E-state index in [9.17, 15) is 14.4 Å². The average Bonchev–Trinajstić information content (AvgIpc) is 3.19. The number of thioether (sulfide) groups is 1. The largest absolute Gasteiger partial charge is 0.495 e. The van der Waals surface area contributed by atoms with Gasteiger partial charge in [0.15, 0.2) is 16.3 Å². The monoisotopic (exact) mass is 479 g/mol. The Labute approximate surface area is 200 Å². The van der Waals surface area contributed by atoms with Crippen molar-refractivity contribution in [1.82, 2.24) is 18.7 Å². The lowest BCUT2D eigenvalue weighted by Crippen LogP contribution is -2.37. The van der Waals surface area contributed by atoms with Crippen LogP contribution in [0.4, 0.5) is 5.69 Å². The van der Waals surface area contributed by atoms with Crippen LogP contribution in [0.1, 0.15) is 11.1 Å². The fraction of sp³-hybridized carbons (Fsp3) is 0.250. The Morgan fingerprint density at radius 3 is 2.53 bits per heavy atom. The van der Waals surface area contributed by atoms with E-state index in [1.54, 1.807) is 24.8 Å². The molecule has 0 fully saturated rings. The number of benzene rings is 2. The van der Waals surface area contributed by atoms with E-state index in [1.807, 2.05) is 49.4 Å². The SMILES string of the molecule is COc1ccc(C)cc1NC(=O)CSc1nc2c(c(=O)n(C)c(=O)n2C)n1Cc1ccccc1. The lowest BCUT2D eigenvalue weighted by Gasteiger charge is -2.12. The summed E-state index contributed by atoms with van der Waals surface area (Å²) in [7, 11) is 4.57. The van der Waals surface area contributed by atoms with Gasteiger partial charge in [-0.05, 0) is 30.2 Å². The molecule has 0 aliphatic rings. The molecule has 0 aliphatic carbocycles. The second kappa shape index (κ2) is 9.60. The summed E-state index contributed by atoms with van der Waals surface area (Å²) in [6.07, 6.45) is 0. The highest BCUT2D eigenvalue weighted by atomic mass is 32.2. The van der Waals surface area contributed by atoms with Crippen molar-refractivity contribution >= 4 is 34.5 Å². The topological polar surface area (TPSA) is 100 Å². The standard InChI is InChI=1S/C24H25N5O4S/c1-15-10-11-18(33-4)17(12-15)25-19(30)14-34-23-26-21-20(22(31)28(3)24(32)27(21)2)29(23)13-16-8-6-5-7-9-16/h5-12H,13-14H2,1-4H3,(H,25,30). The molecule has 4 aromatic rings. The van der Waals surface area contributed by atoms with Crippen molar-refractivity contribution in [1.29, 1.82) is 0 Å². The summed E-state index contributed by atoms with van der Waals surface area (Å²) >= 11 is 1.20. The molecule has 176 valence electrons. The molecule has 0 unspecified atom stereocenters. The first kappa shape index (κ1) is 23.4. The number of imidazole rings is 1. The number of fused-ring (bicyclic) bond motifs is 1. The minimum atomic E-state index is -0.456. The van der Waals surface area contributed by atoms with E-state index >= 15 is 0 Å². The Balaban J connectivity index is 1.68. The molecule has 0 radical (unpaired) electrons. The summed E-state index contributed by atoms with van der Waals surface area (Å²) in [5.74, 6) is 0.386. The van der Waals surface area contributed by atoms with Crippen LogP contribution in [0.2, 0.25) is 0 Å². The maximum absolute atomic E-state index is 13.0. The summed E-state index contributed by atoms with van der Waals surface area (Å²) in [6.45, 7) is 2.31. The first-order valence-corrected chi connectivity index (χ1v) is 11.6. The zero-order valence-corrected chi connectivity index (χ0v) is 20.2. The van der Waals surface area contributed by atoms with E-state index in [1.165, 1.54) is 23.4 Å². The van der Waals surface area contributed by atoms with Gasteiger partial charge in [-0.1, -0.05) is 48.2 Å². The van der Waals surface area contributed by atoms with Gasteiger partial charge in [-0.2, -0.15) is 0 Å². The number of methoxy groups -OCH3 is 1. The molecule has 2 aromatic carbocycles. The number of nitrogens with zero attached hydrogens (tertiary/aromatic N) is 4. The highest BCUT2D eigenvalue weighted by Crippen LogP contribution is 2.27. The van der Waals surface area contributed by atoms with Crippen LogP contribution < -0.4 is 21.3 Å². The number of carbonyl (C=O) groups excluding carboxylic acids is 1. The fourth-order valence-corrected chi connectivity index (χ4v) is 4.48. The van der Waals surface area contributed by atoms with Crippen molar-refractivity contribution in [2.75, 3.05) is 18.2 Å². The molecule has 2 aromatic heterocycles. The van der Waals surface area contributed by atoms with Gasteiger partial charge >= 0.3 is 5.69 Å². The van der Waals surface area contributed by atoms with Crippen LogP contribution in [0, 0.1) is 6.92 Å². The molecule has 4 rings (SSSR count). The van der Waals surface area contributed by atoms with Gasteiger partial charge in [-0.15, -0.1) is 0 Å². The number of aryl methyl sites for hydroxylation is 2. The summed E-state index contributed by atoms with van der Waals surface area (Å²) in [4.78, 5) is 42.7. The molecule has 1 amide bonds. The highest BCUT2D eigenvalue weighted by Gasteiger charge is 2.20. The minimum Gasteiger partial charge on any atom is -0.495 e. The maximum Gasteiger partial charge on any atom is 0.332 e. The quantitative estimate of drug-likeness (QED) is 0.409. The minimum absolute atomic E-state index is 0.0590. The zero-order chi connectivity index (χ0) is 24.4. The molecule has 0 atom stereocenters. The summed E-state index contributed by atoms with van der Waals surface area (Å²) in [6, 6.07) is 15.2. The summed E-state index contributed by atoms with van der Waals surface area (Å²) in [5, 5.41) is 3.35. The van der Waals surface area contributed by atoms with E-state index in [4.69, 9.17) is 4.74 Å². The van der Waals surface area contributed by atoms with Crippen LogP contribution in [-0.4, -0.2) is 37.5 Å². The fourth-order valence-electron chi connectivity index (χ4n) is 3.69. The Hall–Kier alpha value is -3.79. The lowest BCUT2D eigenvalue weighted by atomic mass is 10.2. The third-order valence-corrected chi connectivity index (χ3v) is 6.43. The second-order valence-corrected chi connectivity index (χ2v) is 8.83. The van der Waals surface area contributed by atoms with E-state index in [0.717, 1.165) is 15.7 Å². The number of anilines is 1.